The predicted molar refractivity (Wildman–Crippen MR) is 105 cm³/mol. The number of hydrogen-bond donors (Lipinski definition) is 3. The number of quaternary nitrogens is 1. The Morgan fingerprint density at radius 3 is 2.59 bits per heavy atom. The van der Waals surface area contributed by atoms with Crippen molar-refractivity contribution in [1.82, 2.24) is 10.6 Å². The van der Waals surface area contributed by atoms with E-state index in [1.807, 2.05) is 31.3 Å². The van der Waals surface area contributed by atoms with E-state index < -0.39 is 12.0 Å². The van der Waals surface area contributed by atoms with Gasteiger partial charge in [0.2, 0.25) is 0 Å². The highest BCUT2D eigenvalue weighted by Crippen LogP contribution is 2.27. The van der Waals surface area contributed by atoms with Crippen LogP contribution < -0.4 is 20.3 Å². The fraction of sp³-hybridized carbons (Fsp3) is 0.333. The van der Waals surface area contributed by atoms with Crippen molar-refractivity contribution < 1.29 is 28.4 Å². The maximum absolute atomic E-state index is 12.7. The zero-order valence-corrected chi connectivity index (χ0v) is 16.8. The van der Waals surface area contributed by atoms with E-state index in [9.17, 15) is 9.59 Å². The molecule has 1 aliphatic rings. The van der Waals surface area contributed by atoms with Crippen molar-refractivity contribution >= 4 is 12.0 Å². The summed E-state index contributed by atoms with van der Waals surface area (Å²) in [5.74, 6) is 0.799. The van der Waals surface area contributed by atoms with Crippen molar-refractivity contribution in [3.63, 3.8) is 0 Å². The van der Waals surface area contributed by atoms with Gasteiger partial charge in [-0.2, -0.15) is 0 Å². The highest BCUT2D eigenvalue weighted by molar-refractivity contribution is 5.95. The van der Waals surface area contributed by atoms with Crippen LogP contribution in [0.15, 0.2) is 58.3 Å². The number of carbonyl (C=O) groups excluding carboxylic acids is 2. The highest BCUT2D eigenvalue weighted by Gasteiger charge is 2.36. The molecular formula is C21H26N3O5+. The van der Waals surface area contributed by atoms with Gasteiger partial charge in [-0.1, -0.05) is 0 Å². The number of hydrogen-bond acceptors (Lipinski definition) is 5. The van der Waals surface area contributed by atoms with E-state index in [-0.39, 0.29) is 12.6 Å². The zero-order valence-electron chi connectivity index (χ0n) is 16.8. The molecular weight excluding hydrogens is 374 g/mol. The third kappa shape index (κ3) is 4.97. The van der Waals surface area contributed by atoms with Gasteiger partial charge in [0.25, 0.3) is 0 Å². The smallest absolute Gasteiger partial charge is 0.338 e. The number of amides is 2. The zero-order chi connectivity index (χ0) is 20.8. The molecule has 0 aliphatic carbocycles. The molecule has 3 N–H and O–H groups in total. The minimum atomic E-state index is -0.693. The van der Waals surface area contributed by atoms with Crippen molar-refractivity contribution in [3.8, 4) is 5.75 Å². The van der Waals surface area contributed by atoms with Gasteiger partial charge in [0.15, 0.2) is 0 Å². The van der Waals surface area contributed by atoms with Gasteiger partial charge in [-0.25, -0.2) is 9.59 Å². The first-order valence-corrected chi connectivity index (χ1v) is 9.47. The van der Waals surface area contributed by atoms with Crippen molar-refractivity contribution in [2.24, 2.45) is 0 Å². The normalized spacial score (nSPS) is 17.3. The molecule has 8 nitrogen and oxygen atoms in total. The van der Waals surface area contributed by atoms with E-state index in [1.165, 1.54) is 6.26 Å². The average Bonchev–Trinajstić information content (AvgIpc) is 3.23. The summed E-state index contributed by atoms with van der Waals surface area (Å²) in [4.78, 5) is 26.0. The van der Waals surface area contributed by atoms with Gasteiger partial charge in [0, 0.05) is 5.56 Å². The van der Waals surface area contributed by atoms with Crippen LogP contribution >= 0.6 is 0 Å². The van der Waals surface area contributed by atoms with Crippen LogP contribution in [0.4, 0.5) is 4.79 Å². The van der Waals surface area contributed by atoms with E-state index in [2.05, 4.69) is 10.6 Å². The Kier molecular flexibility index (Phi) is 6.56. The summed E-state index contributed by atoms with van der Waals surface area (Å²) in [6.45, 7) is 3.13. The molecule has 154 valence electrons. The Labute approximate surface area is 169 Å². The summed E-state index contributed by atoms with van der Waals surface area (Å²) in [6, 6.07) is 10.2. The second kappa shape index (κ2) is 9.29. The highest BCUT2D eigenvalue weighted by atomic mass is 16.5. The molecule has 1 aliphatic heterocycles. The Bertz CT molecular complexity index is 874. The van der Waals surface area contributed by atoms with Crippen LogP contribution in [0.3, 0.4) is 0 Å². The fourth-order valence-corrected chi connectivity index (χ4v) is 3.33. The first kappa shape index (κ1) is 20.5. The van der Waals surface area contributed by atoms with Crippen LogP contribution in [0.1, 0.15) is 24.3 Å². The van der Waals surface area contributed by atoms with Gasteiger partial charge in [0.1, 0.15) is 30.6 Å². The number of carbonyl (C=O) groups is 2. The number of benzene rings is 1. The lowest BCUT2D eigenvalue weighted by Gasteiger charge is -2.28. The third-order valence-corrected chi connectivity index (χ3v) is 4.62. The first-order chi connectivity index (χ1) is 14.0. The van der Waals surface area contributed by atoms with Crippen LogP contribution in [0.5, 0.6) is 5.75 Å². The van der Waals surface area contributed by atoms with Gasteiger partial charge in [-0.05, 0) is 43.3 Å². The van der Waals surface area contributed by atoms with Gasteiger partial charge in [-0.15, -0.1) is 0 Å². The molecule has 0 radical (unpaired) electrons. The first-order valence-electron chi connectivity index (χ1n) is 9.47. The fourth-order valence-electron chi connectivity index (χ4n) is 3.33. The van der Waals surface area contributed by atoms with Gasteiger partial charge in [0.05, 0.1) is 38.3 Å². The minimum Gasteiger partial charge on any atom is -0.497 e. The molecule has 2 aromatic rings. The summed E-state index contributed by atoms with van der Waals surface area (Å²) in [6.07, 6.45) is 1.51. The molecule has 2 atom stereocenters. The van der Waals surface area contributed by atoms with E-state index in [1.54, 1.807) is 26.2 Å². The van der Waals surface area contributed by atoms with Crippen LogP contribution in [-0.2, 0) is 16.1 Å². The molecule has 0 spiro atoms. The number of rotatable bonds is 8. The third-order valence-electron chi connectivity index (χ3n) is 4.62. The molecule has 0 fully saturated rings. The van der Waals surface area contributed by atoms with E-state index in [0.717, 1.165) is 16.2 Å². The van der Waals surface area contributed by atoms with E-state index in [0.29, 0.717) is 30.1 Å². The molecule has 29 heavy (non-hydrogen) atoms. The molecule has 1 aromatic carbocycles. The largest absolute Gasteiger partial charge is 0.497 e. The van der Waals surface area contributed by atoms with Gasteiger partial charge < -0.3 is 29.4 Å². The summed E-state index contributed by atoms with van der Waals surface area (Å²) in [5.41, 5.74) is 2.00. The standard InChI is InChI=1S/C21H25N3O5/c1-4-28-20(25)18-16(22-21(26)23-19(18)17-6-5-11-29-17)13-24(2)12-14-7-9-15(27-3)10-8-14/h5-11,19H,4,12-13H2,1-3H3,(H2,22,23,26)/p+1/t19-/m0/s1. The molecule has 2 heterocycles. The number of furan rings is 1. The van der Waals surface area contributed by atoms with Crippen LogP contribution in [0, 0.1) is 0 Å². The molecule has 3 rings (SSSR count). The topological polar surface area (TPSA) is 94.2 Å². The SMILES string of the molecule is CCOC(=O)C1=C(C[NH+](C)Cc2ccc(OC)cc2)NC(=O)N[C@H]1c1ccco1. The second-order valence-corrected chi connectivity index (χ2v) is 6.82. The summed E-state index contributed by atoms with van der Waals surface area (Å²) in [5, 5.41) is 5.53. The monoisotopic (exact) mass is 400 g/mol. The minimum absolute atomic E-state index is 0.239. The molecule has 2 amide bonds. The Hall–Kier alpha value is -3.26. The molecule has 1 unspecified atom stereocenters. The summed E-state index contributed by atoms with van der Waals surface area (Å²) >= 11 is 0. The van der Waals surface area contributed by atoms with E-state index >= 15 is 0 Å². The van der Waals surface area contributed by atoms with Crippen molar-refractivity contribution in [1.29, 1.82) is 0 Å². The Balaban J connectivity index is 1.85. The molecule has 0 bridgehead atoms. The van der Waals surface area contributed by atoms with Crippen molar-refractivity contribution in [3.05, 3.63) is 65.3 Å². The van der Waals surface area contributed by atoms with E-state index in [4.69, 9.17) is 13.9 Å². The number of ether oxygens (including phenoxy) is 2. The maximum atomic E-state index is 12.7. The Morgan fingerprint density at radius 2 is 1.97 bits per heavy atom. The molecule has 1 aromatic heterocycles. The van der Waals surface area contributed by atoms with Crippen molar-refractivity contribution in [2.45, 2.75) is 19.5 Å². The number of nitrogens with one attached hydrogen (secondary N) is 3. The number of esters is 1. The summed E-state index contributed by atoms with van der Waals surface area (Å²) in [7, 11) is 3.63. The van der Waals surface area contributed by atoms with Crippen molar-refractivity contribution in [2.75, 3.05) is 27.3 Å². The van der Waals surface area contributed by atoms with Gasteiger partial charge >= 0.3 is 12.0 Å². The lowest BCUT2D eigenvalue weighted by molar-refractivity contribution is -0.889. The number of methoxy groups -OCH3 is 1. The Morgan fingerprint density at radius 1 is 1.21 bits per heavy atom. The molecule has 0 saturated carbocycles. The quantitative estimate of drug-likeness (QED) is 0.579. The summed E-state index contributed by atoms with van der Waals surface area (Å²) < 4.78 is 15.9. The molecule has 0 saturated heterocycles. The van der Waals surface area contributed by atoms with Crippen LogP contribution in [0.25, 0.3) is 0 Å². The number of urea groups is 1. The lowest BCUT2D eigenvalue weighted by atomic mass is 10.00. The molecule has 8 heteroatoms. The second-order valence-electron chi connectivity index (χ2n) is 6.82. The van der Waals surface area contributed by atoms with Gasteiger partial charge in [-0.3, -0.25) is 0 Å². The maximum Gasteiger partial charge on any atom is 0.338 e. The van der Waals surface area contributed by atoms with Crippen LogP contribution in [0.2, 0.25) is 0 Å². The van der Waals surface area contributed by atoms with Crippen LogP contribution in [-0.4, -0.2) is 39.3 Å². The number of likely N-dealkylation sites (N-methyl/N-ethyl adjacent to an activating group) is 1. The average molecular weight is 400 g/mol. The lowest BCUT2D eigenvalue weighted by Crippen LogP contribution is -3.08. The predicted octanol–water partition coefficient (Wildman–Crippen LogP) is 1.17.